The van der Waals surface area contributed by atoms with E-state index >= 15 is 0 Å². The minimum atomic E-state index is -1.04. The maximum Gasteiger partial charge on any atom is 0.323 e. The highest BCUT2D eigenvalue weighted by Gasteiger charge is 2.27. The zero-order valence-corrected chi connectivity index (χ0v) is 15.9. The SMILES string of the molecule is O=C(O)CN1CCN(C(=O)NCCCCc2cnc3c(c2)CCCN3)CC1=O. The molecular formula is C19H27N5O4. The Morgan fingerprint density at radius 2 is 2.14 bits per heavy atom. The molecular weight excluding hydrogens is 362 g/mol. The number of aryl methyl sites for hydroxylation is 2. The number of carboxylic acids is 1. The van der Waals surface area contributed by atoms with Gasteiger partial charge in [0.25, 0.3) is 0 Å². The number of amides is 3. The van der Waals surface area contributed by atoms with Crippen LogP contribution in [0, 0.1) is 0 Å². The Balaban J connectivity index is 1.34. The van der Waals surface area contributed by atoms with Gasteiger partial charge in [0.15, 0.2) is 0 Å². The molecule has 2 aliphatic heterocycles. The molecule has 3 heterocycles. The molecule has 28 heavy (non-hydrogen) atoms. The molecule has 0 aliphatic carbocycles. The number of pyridine rings is 1. The Kier molecular flexibility index (Phi) is 6.67. The number of aliphatic carboxylic acids is 1. The van der Waals surface area contributed by atoms with Crippen LogP contribution in [0.15, 0.2) is 12.3 Å². The van der Waals surface area contributed by atoms with Gasteiger partial charge in [0.2, 0.25) is 5.91 Å². The molecule has 3 rings (SSSR count). The molecule has 1 fully saturated rings. The molecule has 1 aromatic rings. The minimum absolute atomic E-state index is 0.0755. The van der Waals surface area contributed by atoms with Crippen LogP contribution in [0.1, 0.15) is 30.4 Å². The van der Waals surface area contributed by atoms with Crippen LogP contribution < -0.4 is 10.6 Å². The summed E-state index contributed by atoms with van der Waals surface area (Å²) in [5.74, 6) is -0.380. The molecule has 2 aliphatic rings. The van der Waals surface area contributed by atoms with Gasteiger partial charge in [-0.1, -0.05) is 6.07 Å². The number of hydrogen-bond donors (Lipinski definition) is 3. The smallest absolute Gasteiger partial charge is 0.323 e. The molecule has 0 radical (unpaired) electrons. The third kappa shape index (κ3) is 5.34. The molecule has 1 aromatic heterocycles. The third-order valence-electron chi connectivity index (χ3n) is 5.04. The Bertz CT molecular complexity index is 739. The number of hydrogen-bond acceptors (Lipinski definition) is 5. The van der Waals surface area contributed by atoms with Crippen molar-refractivity contribution in [3.8, 4) is 0 Å². The van der Waals surface area contributed by atoms with Gasteiger partial charge in [-0.3, -0.25) is 9.59 Å². The van der Waals surface area contributed by atoms with Gasteiger partial charge in [-0.15, -0.1) is 0 Å². The molecule has 9 nitrogen and oxygen atoms in total. The fourth-order valence-corrected chi connectivity index (χ4v) is 3.51. The molecule has 0 spiro atoms. The van der Waals surface area contributed by atoms with E-state index in [2.05, 4.69) is 21.7 Å². The van der Waals surface area contributed by atoms with E-state index in [4.69, 9.17) is 5.11 Å². The van der Waals surface area contributed by atoms with Gasteiger partial charge < -0.3 is 25.5 Å². The average molecular weight is 389 g/mol. The Labute approximate surface area is 164 Å². The van der Waals surface area contributed by atoms with E-state index in [0.717, 1.165) is 44.5 Å². The fourth-order valence-electron chi connectivity index (χ4n) is 3.51. The van der Waals surface area contributed by atoms with E-state index in [1.54, 1.807) is 0 Å². The standard InChI is InChI=1S/C19H27N5O4/c25-16-12-24(9-8-23(16)13-17(26)27)19(28)21-6-2-1-4-14-10-15-5-3-7-20-18(15)22-11-14/h10-11H,1-9,12-13H2,(H,20,22)(H,21,28)(H,26,27). The Hall–Kier alpha value is -2.84. The molecule has 0 unspecified atom stereocenters. The Morgan fingerprint density at radius 1 is 1.29 bits per heavy atom. The number of anilines is 1. The van der Waals surface area contributed by atoms with Crippen LogP contribution in [-0.4, -0.2) is 77.1 Å². The van der Waals surface area contributed by atoms with Gasteiger partial charge in [-0.05, 0) is 43.2 Å². The monoisotopic (exact) mass is 389 g/mol. The summed E-state index contributed by atoms with van der Waals surface area (Å²) in [7, 11) is 0. The van der Waals surface area contributed by atoms with Crippen LogP contribution in [0.2, 0.25) is 0 Å². The lowest BCUT2D eigenvalue weighted by molar-refractivity contribution is -0.146. The zero-order valence-electron chi connectivity index (χ0n) is 15.9. The summed E-state index contributed by atoms with van der Waals surface area (Å²) in [5.41, 5.74) is 2.50. The maximum absolute atomic E-state index is 12.2. The maximum atomic E-state index is 12.2. The normalized spacial score (nSPS) is 16.4. The number of fused-ring (bicyclic) bond motifs is 1. The van der Waals surface area contributed by atoms with Gasteiger partial charge in [-0.2, -0.15) is 0 Å². The van der Waals surface area contributed by atoms with Crippen LogP contribution in [0.3, 0.4) is 0 Å². The summed E-state index contributed by atoms with van der Waals surface area (Å²) in [6.07, 6.45) is 6.82. The molecule has 0 saturated carbocycles. The first kappa shape index (κ1) is 19.9. The van der Waals surface area contributed by atoms with Crippen molar-refractivity contribution < 1.29 is 19.5 Å². The number of carbonyl (C=O) groups excluding carboxylic acids is 2. The lowest BCUT2D eigenvalue weighted by Gasteiger charge is -2.33. The molecule has 3 N–H and O–H groups in total. The Morgan fingerprint density at radius 3 is 2.93 bits per heavy atom. The number of nitrogens with one attached hydrogen (secondary N) is 2. The van der Waals surface area contributed by atoms with Gasteiger partial charge >= 0.3 is 12.0 Å². The van der Waals surface area contributed by atoms with Crippen molar-refractivity contribution in [3.05, 3.63) is 23.4 Å². The number of rotatable bonds is 7. The first-order chi connectivity index (χ1) is 13.5. The fraction of sp³-hybridized carbons (Fsp3) is 0.579. The number of urea groups is 1. The van der Waals surface area contributed by atoms with Gasteiger partial charge in [0.1, 0.15) is 18.9 Å². The third-order valence-corrected chi connectivity index (χ3v) is 5.04. The molecule has 152 valence electrons. The predicted molar refractivity (Wildman–Crippen MR) is 103 cm³/mol. The lowest BCUT2D eigenvalue weighted by atomic mass is 10.0. The minimum Gasteiger partial charge on any atom is -0.480 e. The van der Waals surface area contributed by atoms with Crippen LogP contribution in [0.25, 0.3) is 0 Å². The van der Waals surface area contributed by atoms with Crippen LogP contribution in [0.5, 0.6) is 0 Å². The topological polar surface area (TPSA) is 115 Å². The predicted octanol–water partition coefficient (Wildman–Crippen LogP) is 0.701. The van der Waals surface area contributed by atoms with Crippen molar-refractivity contribution in [1.29, 1.82) is 0 Å². The molecule has 0 aromatic carbocycles. The van der Waals surface area contributed by atoms with Crippen molar-refractivity contribution in [2.45, 2.75) is 32.1 Å². The van der Waals surface area contributed by atoms with Crippen molar-refractivity contribution >= 4 is 23.7 Å². The van der Waals surface area contributed by atoms with Crippen molar-refractivity contribution in [2.75, 3.05) is 44.6 Å². The van der Waals surface area contributed by atoms with Gasteiger partial charge in [0, 0.05) is 32.4 Å². The quantitative estimate of drug-likeness (QED) is 0.592. The second kappa shape index (κ2) is 9.38. The highest BCUT2D eigenvalue weighted by Crippen LogP contribution is 2.20. The molecule has 1 saturated heterocycles. The molecule has 3 amide bonds. The number of piperazine rings is 1. The average Bonchev–Trinajstić information content (AvgIpc) is 2.68. The summed E-state index contributed by atoms with van der Waals surface area (Å²) in [6, 6.07) is 1.94. The van der Waals surface area contributed by atoms with Crippen LogP contribution in [-0.2, 0) is 22.4 Å². The van der Waals surface area contributed by atoms with Crippen LogP contribution >= 0.6 is 0 Å². The molecule has 9 heteroatoms. The molecule has 0 bridgehead atoms. The van der Waals surface area contributed by atoms with E-state index in [1.165, 1.54) is 20.9 Å². The number of nitrogens with zero attached hydrogens (tertiary/aromatic N) is 3. The number of carbonyl (C=O) groups is 3. The van der Waals surface area contributed by atoms with Crippen LogP contribution in [0.4, 0.5) is 10.6 Å². The van der Waals surface area contributed by atoms with E-state index < -0.39 is 5.97 Å². The van der Waals surface area contributed by atoms with Gasteiger partial charge in [-0.25, -0.2) is 9.78 Å². The first-order valence-corrected chi connectivity index (χ1v) is 9.77. The van der Waals surface area contributed by atoms with E-state index in [-0.39, 0.29) is 31.6 Å². The van der Waals surface area contributed by atoms with Crippen molar-refractivity contribution in [2.24, 2.45) is 0 Å². The van der Waals surface area contributed by atoms with E-state index in [1.807, 2.05) is 6.20 Å². The first-order valence-electron chi connectivity index (χ1n) is 9.77. The second-order valence-electron chi connectivity index (χ2n) is 7.20. The number of carboxylic acid groups (broad SMARTS) is 1. The second-order valence-corrected chi connectivity index (χ2v) is 7.20. The summed E-state index contributed by atoms with van der Waals surface area (Å²) in [4.78, 5) is 42.0. The number of unbranched alkanes of at least 4 members (excludes halogenated alkanes) is 1. The summed E-state index contributed by atoms with van der Waals surface area (Å²) in [5, 5.41) is 14.9. The highest BCUT2D eigenvalue weighted by atomic mass is 16.4. The summed E-state index contributed by atoms with van der Waals surface area (Å²) >= 11 is 0. The van der Waals surface area contributed by atoms with Crippen molar-refractivity contribution in [3.63, 3.8) is 0 Å². The summed E-state index contributed by atoms with van der Waals surface area (Å²) in [6.45, 7) is 1.73. The van der Waals surface area contributed by atoms with Gasteiger partial charge in [0.05, 0.1) is 0 Å². The van der Waals surface area contributed by atoms with Crippen molar-refractivity contribution in [1.82, 2.24) is 20.1 Å². The number of aromatic nitrogens is 1. The zero-order chi connectivity index (χ0) is 19.9. The lowest BCUT2D eigenvalue weighted by Crippen LogP contribution is -2.55. The van der Waals surface area contributed by atoms with E-state index in [0.29, 0.717) is 13.1 Å². The highest BCUT2D eigenvalue weighted by molar-refractivity contribution is 5.87. The molecule has 0 atom stereocenters. The largest absolute Gasteiger partial charge is 0.480 e. The van der Waals surface area contributed by atoms with E-state index in [9.17, 15) is 14.4 Å². The summed E-state index contributed by atoms with van der Waals surface area (Å²) < 4.78 is 0.